The number of alkyl halides is 2. The molecule has 1 heterocycles. The van der Waals surface area contributed by atoms with Gasteiger partial charge in [-0.05, 0) is 0 Å². The van der Waals surface area contributed by atoms with Crippen LogP contribution < -0.4 is 5.14 Å². The summed E-state index contributed by atoms with van der Waals surface area (Å²) in [6.07, 6.45) is -2.86. The van der Waals surface area contributed by atoms with Gasteiger partial charge >= 0.3 is 0 Å². The van der Waals surface area contributed by atoms with Crippen LogP contribution in [-0.4, -0.2) is 13.4 Å². The number of hydrogen-bond donors (Lipinski definition) is 1. The van der Waals surface area contributed by atoms with E-state index in [0.29, 0.717) is 6.20 Å². The highest BCUT2D eigenvalue weighted by Crippen LogP contribution is 2.32. The fraction of sp³-hybridized carbons (Fsp3) is 0.167. The highest BCUT2D eigenvalue weighted by Gasteiger charge is 2.26. The molecule has 2 N–H and O–H groups in total. The Bertz CT molecular complexity index is 491. The Morgan fingerprint density at radius 2 is 2.00 bits per heavy atom. The van der Waals surface area contributed by atoms with Crippen LogP contribution in [0.5, 0.6) is 0 Å². The van der Waals surface area contributed by atoms with Crippen LogP contribution in [-0.2, 0) is 10.0 Å². The zero-order valence-corrected chi connectivity index (χ0v) is 8.49. The maximum absolute atomic E-state index is 12.7. The van der Waals surface area contributed by atoms with Crippen LogP contribution in [0.25, 0.3) is 0 Å². The van der Waals surface area contributed by atoms with E-state index < -0.39 is 37.9 Å². The van der Waals surface area contributed by atoms with Gasteiger partial charge in [0.1, 0.15) is 9.92 Å². The average Bonchev–Trinajstić information content (AvgIpc) is 2.06. The van der Waals surface area contributed by atoms with Crippen molar-refractivity contribution in [3.05, 3.63) is 22.7 Å². The van der Waals surface area contributed by atoms with Crippen molar-refractivity contribution < 1.29 is 21.6 Å². The van der Waals surface area contributed by atoms with E-state index in [1.165, 1.54) is 0 Å². The summed E-state index contributed by atoms with van der Waals surface area (Å²) < 4.78 is 59.2. The molecule has 4 nitrogen and oxygen atoms in total. The van der Waals surface area contributed by atoms with Gasteiger partial charge in [-0.2, -0.15) is 4.39 Å². The molecule has 0 aliphatic heterocycles. The van der Waals surface area contributed by atoms with Crippen molar-refractivity contribution in [1.82, 2.24) is 4.98 Å². The standard InChI is InChI=1S/C6H4ClF3N2O2S/c7-4-3(5(8)9)2(15(11,13)14)1-12-6(4)10/h1,5H,(H2,11,13,14). The third-order valence-electron chi connectivity index (χ3n) is 1.50. The molecule has 0 unspecified atom stereocenters. The van der Waals surface area contributed by atoms with Crippen LogP contribution in [0.1, 0.15) is 12.0 Å². The van der Waals surface area contributed by atoms with Crippen molar-refractivity contribution in [3.63, 3.8) is 0 Å². The highest BCUT2D eigenvalue weighted by molar-refractivity contribution is 7.89. The zero-order chi connectivity index (χ0) is 11.8. The first-order chi connectivity index (χ1) is 6.75. The first kappa shape index (κ1) is 12.2. The van der Waals surface area contributed by atoms with Gasteiger partial charge in [0.25, 0.3) is 6.43 Å². The third kappa shape index (κ3) is 2.39. The molecule has 0 aromatic carbocycles. The SMILES string of the molecule is NS(=O)(=O)c1cnc(F)c(Cl)c1C(F)F. The first-order valence-electron chi connectivity index (χ1n) is 3.40. The van der Waals surface area contributed by atoms with E-state index in [2.05, 4.69) is 10.1 Å². The number of halogens is 4. The fourth-order valence-corrected chi connectivity index (χ4v) is 1.88. The summed E-state index contributed by atoms with van der Waals surface area (Å²) in [4.78, 5) is 1.91. The lowest BCUT2D eigenvalue weighted by atomic mass is 10.3. The summed E-state index contributed by atoms with van der Waals surface area (Å²) in [5.74, 6) is -1.38. The molecule has 1 aromatic rings. The van der Waals surface area contributed by atoms with Gasteiger partial charge in [-0.25, -0.2) is 27.3 Å². The number of rotatable bonds is 2. The third-order valence-corrected chi connectivity index (χ3v) is 2.80. The second-order valence-corrected chi connectivity index (χ2v) is 4.39. The number of nitrogens with zero attached hydrogens (tertiary/aromatic N) is 1. The molecule has 0 aliphatic rings. The molecule has 0 fully saturated rings. The minimum absolute atomic E-state index is 0.401. The number of aromatic nitrogens is 1. The maximum Gasteiger partial charge on any atom is 0.266 e. The van der Waals surface area contributed by atoms with Gasteiger partial charge in [-0.1, -0.05) is 11.6 Å². The fourth-order valence-electron chi connectivity index (χ4n) is 0.891. The molecule has 0 radical (unpaired) electrons. The molecular formula is C6H4ClF3N2O2S. The molecule has 15 heavy (non-hydrogen) atoms. The Balaban J connectivity index is 3.62. The molecule has 0 saturated heterocycles. The van der Waals surface area contributed by atoms with Crippen molar-refractivity contribution in [2.75, 3.05) is 0 Å². The molecule has 0 saturated carbocycles. The lowest BCUT2D eigenvalue weighted by Gasteiger charge is -2.08. The highest BCUT2D eigenvalue weighted by atomic mass is 35.5. The average molecular weight is 261 g/mol. The Morgan fingerprint density at radius 1 is 1.47 bits per heavy atom. The summed E-state index contributed by atoms with van der Waals surface area (Å²) in [7, 11) is -4.41. The molecule has 0 aliphatic carbocycles. The Hall–Kier alpha value is -0.860. The van der Waals surface area contributed by atoms with E-state index in [0.717, 1.165) is 0 Å². The van der Waals surface area contributed by atoms with Crippen LogP contribution >= 0.6 is 11.6 Å². The van der Waals surface area contributed by atoms with Crippen molar-refractivity contribution in [2.45, 2.75) is 11.3 Å². The van der Waals surface area contributed by atoms with Gasteiger partial charge in [0.2, 0.25) is 16.0 Å². The lowest BCUT2D eigenvalue weighted by Crippen LogP contribution is -2.16. The lowest BCUT2D eigenvalue weighted by molar-refractivity contribution is 0.147. The van der Waals surface area contributed by atoms with E-state index in [-0.39, 0.29) is 0 Å². The van der Waals surface area contributed by atoms with E-state index in [4.69, 9.17) is 11.6 Å². The molecule has 0 spiro atoms. The van der Waals surface area contributed by atoms with Crippen LogP contribution in [0.15, 0.2) is 11.1 Å². The molecule has 0 bridgehead atoms. The molecule has 1 rings (SSSR count). The van der Waals surface area contributed by atoms with Crippen LogP contribution in [0.2, 0.25) is 5.02 Å². The normalized spacial score (nSPS) is 12.1. The number of primary sulfonamides is 1. The van der Waals surface area contributed by atoms with Crippen molar-refractivity contribution >= 4 is 21.6 Å². The maximum atomic E-state index is 12.7. The van der Waals surface area contributed by atoms with Crippen molar-refractivity contribution in [2.24, 2.45) is 5.14 Å². The summed E-state index contributed by atoms with van der Waals surface area (Å²) >= 11 is 5.16. The van der Waals surface area contributed by atoms with E-state index in [1.807, 2.05) is 0 Å². The monoisotopic (exact) mass is 260 g/mol. The smallest absolute Gasteiger partial charge is 0.226 e. The minimum Gasteiger partial charge on any atom is -0.226 e. The van der Waals surface area contributed by atoms with E-state index in [9.17, 15) is 21.6 Å². The largest absolute Gasteiger partial charge is 0.266 e. The van der Waals surface area contributed by atoms with Gasteiger partial charge in [0.15, 0.2) is 0 Å². The van der Waals surface area contributed by atoms with Gasteiger partial charge in [-0.3, -0.25) is 0 Å². The first-order valence-corrected chi connectivity index (χ1v) is 5.32. The number of sulfonamides is 1. The van der Waals surface area contributed by atoms with Crippen molar-refractivity contribution in [1.29, 1.82) is 0 Å². The zero-order valence-electron chi connectivity index (χ0n) is 6.92. The summed E-state index contributed by atoms with van der Waals surface area (Å²) in [6.45, 7) is 0. The predicted octanol–water partition coefficient (Wildman–Crippen LogP) is 1.46. The summed E-state index contributed by atoms with van der Waals surface area (Å²) in [5, 5.41) is 3.59. The topological polar surface area (TPSA) is 73.1 Å². The summed E-state index contributed by atoms with van der Waals surface area (Å²) in [5.41, 5.74) is -1.17. The van der Waals surface area contributed by atoms with Gasteiger partial charge in [0.05, 0.1) is 11.8 Å². The molecule has 9 heteroatoms. The quantitative estimate of drug-likeness (QED) is 0.818. The van der Waals surface area contributed by atoms with E-state index >= 15 is 0 Å². The minimum atomic E-state index is -4.41. The summed E-state index contributed by atoms with van der Waals surface area (Å²) in [6, 6.07) is 0. The molecular weight excluding hydrogens is 257 g/mol. The number of pyridine rings is 1. The number of nitrogens with two attached hydrogens (primary N) is 1. The second kappa shape index (κ2) is 3.95. The number of hydrogen-bond acceptors (Lipinski definition) is 3. The van der Waals surface area contributed by atoms with Gasteiger partial charge in [-0.15, -0.1) is 0 Å². The molecule has 0 atom stereocenters. The second-order valence-electron chi connectivity index (χ2n) is 2.49. The Labute approximate surface area is 87.9 Å². The van der Waals surface area contributed by atoms with E-state index in [1.54, 1.807) is 0 Å². The Morgan fingerprint density at radius 3 is 2.40 bits per heavy atom. The van der Waals surface area contributed by atoms with Crippen LogP contribution in [0.3, 0.4) is 0 Å². The van der Waals surface area contributed by atoms with Crippen LogP contribution in [0.4, 0.5) is 13.2 Å². The van der Waals surface area contributed by atoms with Gasteiger partial charge in [0, 0.05) is 0 Å². The van der Waals surface area contributed by atoms with Crippen molar-refractivity contribution in [3.8, 4) is 0 Å². The Kier molecular flexibility index (Phi) is 3.22. The van der Waals surface area contributed by atoms with Crippen LogP contribution in [0, 0.1) is 5.95 Å². The molecule has 1 aromatic heterocycles. The van der Waals surface area contributed by atoms with Gasteiger partial charge < -0.3 is 0 Å². The molecule has 84 valence electrons. The predicted molar refractivity (Wildman–Crippen MR) is 45.5 cm³/mol. The molecule has 0 amide bonds.